The molecule has 2 aromatic rings. The molecule has 0 aliphatic carbocycles. The van der Waals surface area contributed by atoms with Gasteiger partial charge in [-0.2, -0.15) is 0 Å². The molecule has 1 heterocycles. The minimum Gasteiger partial charge on any atom is -0.871 e. The first-order valence-corrected chi connectivity index (χ1v) is 4.74. The van der Waals surface area contributed by atoms with Crippen LogP contribution in [0.15, 0.2) is 49.2 Å². The third-order valence-corrected chi connectivity index (χ3v) is 2.23. The monoisotopic (exact) mass is 197 g/mol. The van der Waals surface area contributed by atoms with E-state index >= 15 is 0 Å². The van der Waals surface area contributed by atoms with Gasteiger partial charge in [0.25, 0.3) is 0 Å². The molecule has 1 aromatic heterocycles. The second kappa shape index (κ2) is 4.05. The Morgan fingerprint density at radius 1 is 1.33 bits per heavy atom. The van der Waals surface area contributed by atoms with Crippen LogP contribution in [0.4, 0.5) is 0 Å². The van der Waals surface area contributed by atoms with Crippen LogP contribution in [0.3, 0.4) is 0 Å². The van der Waals surface area contributed by atoms with Crippen molar-refractivity contribution in [2.24, 2.45) is 0 Å². The second-order valence-corrected chi connectivity index (χ2v) is 3.33. The molecule has 0 N–H and O–H groups in total. The van der Waals surface area contributed by atoms with E-state index in [0.717, 1.165) is 5.56 Å². The molecule has 2 heteroatoms. The maximum absolute atomic E-state index is 11.2. The minimum atomic E-state index is -0.157. The average molecular weight is 197 g/mol. The van der Waals surface area contributed by atoms with E-state index in [4.69, 9.17) is 0 Å². The maximum atomic E-state index is 11.2. The molecule has 0 saturated heterocycles. The van der Waals surface area contributed by atoms with Crippen LogP contribution in [0.5, 0.6) is 0 Å². The van der Waals surface area contributed by atoms with Crippen LogP contribution in [0, 0.1) is 6.07 Å². The van der Waals surface area contributed by atoms with E-state index in [0.29, 0.717) is 12.2 Å². The molecule has 0 unspecified atom stereocenters. The maximum Gasteiger partial charge on any atom is 0.0481 e. The van der Waals surface area contributed by atoms with Crippen LogP contribution >= 0.6 is 0 Å². The van der Waals surface area contributed by atoms with Gasteiger partial charge in [0.15, 0.2) is 0 Å². The Hall–Kier alpha value is -1.96. The summed E-state index contributed by atoms with van der Waals surface area (Å²) in [5.74, 6) is -0.157. The summed E-state index contributed by atoms with van der Waals surface area (Å²) in [6, 6.07) is 14.5. The first-order chi connectivity index (χ1) is 7.27. The smallest absolute Gasteiger partial charge is 0.0481 e. The normalized spacial score (nSPS) is 10.1. The SMILES string of the molecule is C=C([O-])c1cccn1Cc1[c]cccc1. The van der Waals surface area contributed by atoms with Crippen molar-refractivity contribution in [2.45, 2.75) is 6.54 Å². The lowest BCUT2D eigenvalue weighted by molar-refractivity contribution is -0.244. The van der Waals surface area contributed by atoms with Crippen molar-refractivity contribution in [1.29, 1.82) is 0 Å². The fourth-order valence-corrected chi connectivity index (χ4v) is 1.52. The summed E-state index contributed by atoms with van der Waals surface area (Å²) in [7, 11) is 0. The molecule has 1 aromatic carbocycles. The summed E-state index contributed by atoms with van der Waals surface area (Å²) in [4.78, 5) is 0. The predicted molar refractivity (Wildman–Crippen MR) is 57.8 cm³/mol. The van der Waals surface area contributed by atoms with E-state index in [1.807, 2.05) is 41.1 Å². The molecule has 0 amide bonds. The number of benzene rings is 1. The Bertz CT molecular complexity index is 456. The van der Waals surface area contributed by atoms with E-state index in [1.165, 1.54) is 0 Å². The van der Waals surface area contributed by atoms with Gasteiger partial charge < -0.3 is 9.67 Å². The van der Waals surface area contributed by atoms with Gasteiger partial charge in [0.05, 0.1) is 0 Å². The van der Waals surface area contributed by atoms with E-state index < -0.39 is 0 Å². The Morgan fingerprint density at radius 2 is 2.20 bits per heavy atom. The van der Waals surface area contributed by atoms with Crippen molar-refractivity contribution in [2.75, 3.05) is 0 Å². The van der Waals surface area contributed by atoms with E-state index in [-0.39, 0.29) is 5.76 Å². The highest BCUT2D eigenvalue weighted by atomic mass is 16.3. The predicted octanol–water partition coefficient (Wildman–Crippen LogP) is 1.67. The third-order valence-electron chi connectivity index (χ3n) is 2.23. The van der Waals surface area contributed by atoms with Gasteiger partial charge in [0, 0.05) is 18.4 Å². The lowest BCUT2D eigenvalue weighted by Gasteiger charge is -2.14. The van der Waals surface area contributed by atoms with E-state index in [9.17, 15) is 5.11 Å². The number of rotatable bonds is 3. The summed E-state index contributed by atoms with van der Waals surface area (Å²) >= 11 is 0. The molecule has 75 valence electrons. The molecular formula is C13H11NO-. The van der Waals surface area contributed by atoms with Gasteiger partial charge in [-0.05, 0) is 23.8 Å². The number of nitrogens with zero attached hydrogens (tertiary/aromatic N) is 1. The van der Waals surface area contributed by atoms with Crippen molar-refractivity contribution >= 4 is 5.76 Å². The zero-order chi connectivity index (χ0) is 10.7. The Kier molecular flexibility index (Phi) is 2.59. The summed E-state index contributed by atoms with van der Waals surface area (Å²) in [6.45, 7) is 4.07. The van der Waals surface area contributed by atoms with Crippen LogP contribution < -0.4 is 5.11 Å². The zero-order valence-corrected chi connectivity index (χ0v) is 8.31. The highest BCUT2D eigenvalue weighted by Crippen LogP contribution is 2.10. The van der Waals surface area contributed by atoms with Crippen LogP contribution in [-0.2, 0) is 6.54 Å². The van der Waals surface area contributed by atoms with E-state index in [1.54, 1.807) is 6.07 Å². The summed E-state index contributed by atoms with van der Waals surface area (Å²) in [6.07, 6.45) is 1.87. The standard InChI is InChI=1S/C13H12NO/c1-11(15)13-8-5-9-14(13)10-12-6-3-2-4-7-12/h2-6,8-9,15H,1,10H2/p-1. The van der Waals surface area contributed by atoms with Crippen LogP contribution in [0.1, 0.15) is 11.3 Å². The van der Waals surface area contributed by atoms with Crippen LogP contribution in [-0.4, -0.2) is 4.57 Å². The van der Waals surface area contributed by atoms with Gasteiger partial charge in [0.1, 0.15) is 0 Å². The lowest BCUT2D eigenvalue weighted by atomic mass is 10.2. The van der Waals surface area contributed by atoms with Gasteiger partial charge in [-0.15, -0.1) is 6.58 Å². The largest absolute Gasteiger partial charge is 0.871 e. The Morgan fingerprint density at radius 3 is 2.87 bits per heavy atom. The number of hydrogen-bond acceptors (Lipinski definition) is 1. The van der Waals surface area contributed by atoms with Gasteiger partial charge in [-0.3, -0.25) is 0 Å². The van der Waals surface area contributed by atoms with Crippen molar-refractivity contribution in [3.8, 4) is 0 Å². The van der Waals surface area contributed by atoms with Gasteiger partial charge >= 0.3 is 0 Å². The van der Waals surface area contributed by atoms with Crippen LogP contribution in [0.25, 0.3) is 5.76 Å². The van der Waals surface area contributed by atoms with Crippen molar-refractivity contribution in [3.05, 3.63) is 66.5 Å². The molecular weight excluding hydrogens is 186 g/mol. The summed E-state index contributed by atoms with van der Waals surface area (Å²) < 4.78 is 1.88. The molecule has 2 rings (SSSR count). The average Bonchev–Trinajstić information content (AvgIpc) is 2.67. The van der Waals surface area contributed by atoms with Crippen LogP contribution in [0.2, 0.25) is 0 Å². The van der Waals surface area contributed by atoms with Crippen molar-refractivity contribution < 1.29 is 5.11 Å². The highest BCUT2D eigenvalue weighted by Gasteiger charge is 1.99. The fourth-order valence-electron chi connectivity index (χ4n) is 1.52. The summed E-state index contributed by atoms with van der Waals surface area (Å²) in [5.41, 5.74) is 1.68. The first-order valence-electron chi connectivity index (χ1n) is 4.74. The van der Waals surface area contributed by atoms with Gasteiger partial charge in [-0.25, -0.2) is 0 Å². The molecule has 0 spiro atoms. The Labute approximate surface area is 89.1 Å². The van der Waals surface area contributed by atoms with E-state index in [2.05, 4.69) is 12.6 Å². The van der Waals surface area contributed by atoms with Crippen molar-refractivity contribution in [3.63, 3.8) is 0 Å². The Balaban J connectivity index is 2.25. The minimum absolute atomic E-state index is 0.157. The molecule has 0 atom stereocenters. The number of aromatic nitrogens is 1. The topological polar surface area (TPSA) is 28.0 Å². The third kappa shape index (κ3) is 2.10. The molecule has 0 saturated carbocycles. The highest BCUT2D eigenvalue weighted by molar-refractivity contribution is 5.51. The fraction of sp³-hybridized carbons (Fsp3) is 0.0769. The molecule has 0 aliphatic heterocycles. The molecule has 15 heavy (non-hydrogen) atoms. The van der Waals surface area contributed by atoms with Gasteiger partial charge in [0.2, 0.25) is 0 Å². The molecule has 2 nitrogen and oxygen atoms in total. The molecule has 1 radical (unpaired) electrons. The summed E-state index contributed by atoms with van der Waals surface area (Å²) in [5, 5.41) is 11.2. The lowest BCUT2D eigenvalue weighted by Crippen LogP contribution is -2.08. The molecule has 0 aliphatic rings. The zero-order valence-electron chi connectivity index (χ0n) is 8.31. The molecule has 0 bridgehead atoms. The quantitative estimate of drug-likeness (QED) is 0.688. The number of hydrogen-bond donors (Lipinski definition) is 0. The molecule has 0 fully saturated rings. The van der Waals surface area contributed by atoms with Crippen molar-refractivity contribution in [1.82, 2.24) is 4.57 Å². The second-order valence-electron chi connectivity index (χ2n) is 3.33. The van der Waals surface area contributed by atoms with Gasteiger partial charge in [-0.1, -0.05) is 30.0 Å². The first kappa shape index (κ1) is 9.59.